The van der Waals surface area contributed by atoms with Crippen molar-refractivity contribution in [2.45, 2.75) is 19.9 Å². The molecule has 0 bridgehead atoms. The van der Waals surface area contributed by atoms with E-state index in [1.54, 1.807) is 0 Å². The fourth-order valence-electron chi connectivity index (χ4n) is 1.32. The van der Waals surface area contributed by atoms with Crippen LogP contribution in [-0.4, -0.2) is 19.8 Å². The van der Waals surface area contributed by atoms with Gasteiger partial charge in [0.05, 0.1) is 6.61 Å². The van der Waals surface area contributed by atoms with Crippen LogP contribution in [-0.2, 0) is 11.3 Å². The lowest BCUT2D eigenvalue weighted by Gasteiger charge is -2.09. The van der Waals surface area contributed by atoms with Gasteiger partial charge in [-0.05, 0) is 24.1 Å². The van der Waals surface area contributed by atoms with E-state index in [9.17, 15) is 8.78 Å². The van der Waals surface area contributed by atoms with Crippen molar-refractivity contribution in [2.24, 2.45) is 5.73 Å². The van der Waals surface area contributed by atoms with Crippen LogP contribution in [0.2, 0.25) is 0 Å². The largest absolute Gasteiger partial charge is 0.485 e. The Kier molecular flexibility index (Phi) is 5.86. The Morgan fingerprint density at radius 1 is 1.12 bits per heavy atom. The number of ether oxygens (including phenoxy) is 2. The first-order valence-electron chi connectivity index (χ1n) is 5.57. The maximum atomic E-state index is 13.4. The van der Waals surface area contributed by atoms with Crippen molar-refractivity contribution in [3.05, 3.63) is 29.3 Å². The Morgan fingerprint density at radius 2 is 1.76 bits per heavy atom. The summed E-state index contributed by atoms with van der Waals surface area (Å²) in [4.78, 5) is 0. The van der Waals surface area contributed by atoms with Crippen LogP contribution in [0.5, 0.6) is 5.75 Å². The van der Waals surface area contributed by atoms with Gasteiger partial charge in [0.1, 0.15) is 6.61 Å². The van der Waals surface area contributed by atoms with Crippen molar-refractivity contribution in [3.8, 4) is 5.75 Å². The molecule has 0 unspecified atom stereocenters. The van der Waals surface area contributed by atoms with E-state index in [2.05, 4.69) is 0 Å². The Balaban J connectivity index is 2.53. The molecule has 1 aromatic carbocycles. The molecule has 0 aliphatic heterocycles. The zero-order chi connectivity index (χ0) is 12.7. The molecule has 96 valence electrons. The molecule has 0 amide bonds. The molecule has 0 aromatic heterocycles. The number of hydrogen-bond donors (Lipinski definition) is 1. The fourth-order valence-corrected chi connectivity index (χ4v) is 1.32. The molecule has 0 aliphatic carbocycles. The lowest BCUT2D eigenvalue weighted by Crippen LogP contribution is -2.09. The predicted molar refractivity (Wildman–Crippen MR) is 60.9 cm³/mol. The van der Waals surface area contributed by atoms with Crippen LogP contribution in [0.1, 0.15) is 18.9 Å². The Bertz CT molecular complexity index is 335. The van der Waals surface area contributed by atoms with Crippen LogP contribution in [0.25, 0.3) is 0 Å². The molecule has 1 aromatic rings. The van der Waals surface area contributed by atoms with Gasteiger partial charge in [0.15, 0.2) is 17.4 Å². The number of nitrogens with two attached hydrogens (primary N) is 1. The Hall–Kier alpha value is -1.20. The van der Waals surface area contributed by atoms with Crippen molar-refractivity contribution in [1.29, 1.82) is 0 Å². The maximum Gasteiger partial charge on any atom is 0.190 e. The number of benzene rings is 1. The molecule has 0 aliphatic rings. The zero-order valence-electron chi connectivity index (χ0n) is 9.84. The molecular weight excluding hydrogens is 228 g/mol. The molecule has 3 nitrogen and oxygen atoms in total. The van der Waals surface area contributed by atoms with Crippen LogP contribution in [0.4, 0.5) is 8.78 Å². The van der Waals surface area contributed by atoms with Gasteiger partial charge in [-0.3, -0.25) is 0 Å². The average molecular weight is 245 g/mol. The molecule has 17 heavy (non-hydrogen) atoms. The first-order valence-corrected chi connectivity index (χ1v) is 5.57. The van der Waals surface area contributed by atoms with Gasteiger partial charge < -0.3 is 15.2 Å². The van der Waals surface area contributed by atoms with Gasteiger partial charge in [-0.25, -0.2) is 8.78 Å². The molecule has 0 atom stereocenters. The SMILES string of the molecule is CCCOCCOc1c(F)cc(CN)cc1F. The number of hydrogen-bond acceptors (Lipinski definition) is 3. The summed E-state index contributed by atoms with van der Waals surface area (Å²) >= 11 is 0. The standard InChI is InChI=1S/C12H17F2NO2/c1-2-3-16-4-5-17-12-10(13)6-9(8-15)7-11(12)14/h6-7H,2-5,8,15H2,1H3. The zero-order valence-corrected chi connectivity index (χ0v) is 9.84. The summed E-state index contributed by atoms with van der Waals surface area (Å²) in [6, 6.07) is 2.34. The van der Waals surface area contributed by atoms with E-state index in [4.69, 9.17) is 15.2 Å². The first kappa shape index (κ1) is 13.9. The van der Waals surface area contributed by atoms with Crippen LogP contribution < -0.4 is 10.5 Å². The summed E-state index contributed by atoms with van der Waals surface area (Å²) < 4.78 is 37.0. The van der Waals surface area contributed by atoms with Crippen molar-refractivity contribution in [1.82, 2.24) is 0 Å². The highest BCUT2D eigenvalue weighted by Gasteiger charge is 2.11. The van der Waals surface area contributed by atoms with E-state index in [1.807, 2.05) is 6.92 Å². The molecule has 0 radical (unpaired) electrons. The summed E-state index contributed by atoms with van der Waals surface area (Å²) in [5.74, 6) is -1.84. The third kappa shape index (κ3) is 4.28. The van der Waals surface area contributed by atoms with E-state index < -0.39 is 11.6 Å². The van der Waals surface area contributed by atoms with Gasteiger partial charge in [-0.2, -0.15) is 0 Å². The van der Waals surface area contributed by atoms with E-state index in [-0.39, 0.29) is 18.9 Å². The van der Waals surface area contributed by atoms with E-state index in [0.29, 0.717) is 18.8 Å². The third-order valence-electron chi connectivity index (χ3n) is 2.12. The van der Waals surface area contributed by atoms with Crippen LogP contribution in [0.3, 0.4) is 0 Å². The molecule has 1 rings (SSSR count). The predicted octanol–water partition coefficient (Wildman–Crippen LogP) is 2.23. The van der Waals surface area contributed by atoms with Gasteiger partial charge in [0, 0.05) is 13.2 Å². The highest BCUT2D eigenvalue weighted by atomic mass is 19.1. The second kappa shape index (κ2) is 7.19. The van der Waals surface area contributed by atoms with Crippen molar-refractivity contribution in [3.63, 3.8) is 0 Å². The smallest absolute Gasteiger partial charge is 0.190 e. The first-order chi connectivity index (χ1) is 8.19. The highest BCUT2D eigenvalue weighted by molar-refractivity contribution is 5.31. The average Bonchev–Trinajstić information content (AvgIpc) is 2.31. The quantitative estimate of drug-likeness (QED) is 0.749. The van der Waals surface area contributed by atoms with E-state index in [1.165, 1.54) is 12.1 Å². The molecule has 5 heteroatoms. The highest BCUT2D eigenvalue weighted by Crippen LogP contribution is 2.23. The summed E-state index contributed by atoms with van der Waals surface area (Å²) in [6.07, 6.45) is 0.897. The summed E-state index contributed by atoms with van der Waals surface area (Å²) in [5.41, 5.74) is 5.70. The summed E-state index contributed by atoms with van der Waals surface area (Å²) in [5, 5.41) is 0. The van der Waals surface area contributed by atoms with E-state index in [0.717, 1.165) is 6.42 Å². The van der Waals surface area contributed by atoms with Crippen LogP contribution in [0.15, 0.2) is 12.1 Å². The molecular formula is C12H17F2NO2. The Morgan fingerprint density at radius 3 is 2.29 bits per heavy atom. The van der Waals surface area contributed by atoms with Gasteiger partial charge >= 0.3 is 0 Å². The number of halogens is 2. The monoisotopic (exact) mass is 245 g/mol. The van der Waals surface area contributed by atoms with Gasteiger partial charge in [-0.1, -0.05) is 6.92 Å². The summed E-state index contributed by atoms with van der Waals surface area (Å²) in [7, 11) is 0. The van der Waals surface area contributed by atoms with Gasteiger partial charge in [0.2, 0.25) is 0 Å². The Labute approximate surface area is 99.5 Å². The normalized spacial score (nSPS) is 10.6. The molecule has 2 N–H and O–H groups in total. The van der Waals surface area contributed by atoms with Gasteiger partial charge in [-0.15, -0.1) is 0 Å². The maximum absolute atomic E-state index is 13.4. The topological polar surface area (TPSA) is 44.5 Å². The third-order valence-corrected chi connectivity index (χ3v) is 2.12. The van der Waals surface area contributed by atoms with Gasteiger partial charge in [0.25, 0.3) is 0 Å². The van der Waals surface area contributed by atoms with Crippen molar-refractivity contribution in [2.75, 3.05) is 19.8 Å². The molecule has 0 saturated heterocycles. The second-order valence-corrected chi connectivity index (χ2v) is 3.55. The van der Waals surface area contributed by atoms with Crippen molar-refractivity contribution < 1.29 is 18.3 Å². The minimum Gasteiger partial charge on any atom is -0.485 e. The lowest BCUT2D eigenvalue weighted by molar-refractivity contribution is 0.0975. The molecule has 0 heterocycles. The minimum absolute atomic E-state index is 0.0910. The van der Waals surface area contributed by atoms with E-state index >= 15 is 0 Å². The van der Waals surface area contributed by atoms with Crippen LogP contribution in [0, 0.1) is 11.6 Å². The fraction of sp³-hybridized carbons (Fsp3) is 0.500. The molecule has 0 spiro atoms. The summed E-state index contributed by atoms with van der Waals surface area (Å²) in [6.45, 7) is 3.11. The number of rotatable bonds is 7. The second-order valence-electron chi connectivity index (χ2n) is 3.55. The molecule has 0 saturated carbocycles. The minimum atomic E-state index is -0.735. The lowest BCUT2D eigenvalue weighted by atomic mass is 10.2. The van der Waals surface area contributed by atoms with Crippen LogP contribution >= 0.6 is 0 Å². The van der Waals surface area contributed by atoms with Crippen molar-refractivity contribution >= 4 is 0 Å². The molecule has 0 fully saturated rings.